The van der Waals surface area contributed by atoms with Crippen LogP contribution in [0.2, 0.25) is 0 Å². The molecule has 1 amide bonds. The lowest BCUT2D eigenvalue weighted by Gasteiger charge is -2.16. The summed E-state index contributed by atoms with van der Waals surface area (Å²) in [5.41, 5.74) is 0.792. The lowest BCUT2D eigenvalue weighted by atomic mass is 10.2. The fraction of sp³-hybridized carbons (Fsp3) is 0.500. The summed E-state index contributed by atoms with van der Waals surface area (Å²) >= 11 is 0. The van der Waals surface area contributed by atoms with E-state index in [2.05, 4.69) is 5.32 Å². The van der Waals surface area contributed by atoms with E-state index in [-0.39, 0.29) is 11.7 Å². The molecule has 106 valence electrons. The van der Waals surface area contributed by atoms with Crippen molar-refractivity contribution < 1.29 is 18.7 Å². The smallest absolute Gasteiger partial charge is 0.260 e. The Morgan fingerprint density at radius 1 is 1.47 bits per heavy atom. The third-order valence-corrected chi connectivity index (χ3v) is 2.65. The molecule has 0 fully saturated rings. The molecule has 1 unspecified atom stereocenters. The molecular weight excluding hydrogens is 249 g/mol. The lowest BCUT2D eigenvalue weighted by molar-refractivity contribution is -0.127. The molecule has 0 aliphatic heterocycles. The predicted molar refractivity (Wildman–Crippen MR) is 70.7 cm³/mol. The predicted octanol–water partition coefficient (Wildman–Crippen LogP) is 2.05. The average molecular weight is 269 g/mol. The topological polar surface area (TPSA) is 47.6 Å². The highest BCUT2D eigenvalue weighted by Gasteiger charge is 2.15. The quantitative estimate of drug-likeness (QED) is 0.771. The summed E-state index contributed by atoms with van der Waals surface area (Å²) in [4.78, 5) is 11.7. The summed E-state index contributed by atoms with van der Waals surface area (Å²) in [6.07, 6.45) is 0.0802. The first-order chi connectivity index (χ1) is 9.04. The summed E-state index contributed by atoms with van der Waals surface area (Å²) in [5.74, 6) is -0.215. The molecule has 1 N–H and O–H groups in total. The number of methoxy groups -OCH3 is 1. The van der Waals surface area contributed by atoms with Crippen LogP contribution in [0.4, 0.5) is 4.39 Å². The summed E-state index contributed by atoms with van der Waals surface area (Å²) < 4.78 is 23.4. The van der Waals surface area contributed by atoms with Gasteiger partial charge in [0.1, 0.15) is 11.6 Å². The monoisotopic (exact) mass is 269 g/mol. The number of hydrogen-bond donors (Lipinski definition) is 1. The van der Waals surface area contributed by atoms with Crippen LogP contribution in [-0.2, 0) is 9.53 Å². The third kappa shape index (κ3) is 5.26. The van der Waals surface area contributed by atoms with E-state index in [9.17, 15) is 9.18 Å². The Bertz CT molecular complexity index is 423. The molecule has 1 rings (SSSR count). The van der Waals surface area contributed by atoms with Gasteiger partial charge in [-0.1, -0.05) is 6.07 Å². The molecule has 1 aromatic rings. The van der Waals surface area contributed by atoms with Gasteiger partial charge >= 0.3 is 0 Å². The number of hydrogen-bond acceptors (Lipinski definition) is 3. The molecule has 0 saturated carbocycles. The Hall–Kier alpha value is -1.62. The van der Waals surface area contributed by atoms with Gasteiger partial charge in [-0.2, -0.15) is 0 Å². The molecule has 0 aliphatic carbocycles. The normalized spacial score (nSPS) is 12.0. The summed E-state index contributed by atoms with van der Waals surface area (Å²) in [5, 5.41) is 2.73. The van der Waals surface area contributed by atoms with E-state index in [4.69, 9.17) is 9.47 Å². The number of ether oxygens (including phenoxy) is 2. The number of amides is 1. The highest BCUT2D eigenvalue weighted by molar-refractivity contribution is 5.80. The summed E-state index contributed by atoms with van der Waals surface area (Å²) in [7, 11) is 1.61. The van der Waals surface area contributed by atoms with Crippen molar-refractivity contribution in [3.63, 3.8) is 0 Å². The number of nitrogens with one attached hydrogen (secondary N) is 1. The Morgan fingerprint density at radius 3 is 2.89 bits per heavy atom. The van der Waals surface area contributed by atoms with Crippen molar-refractivity contribution >= 4 is 5.91 Å². The zero-order valence-electron chi connectivity index (χ0n) is 11.5. The van der Waals surface area contributed by atoms with E-state index in [1.54, 1.807) is 27.0 Å². The number of benzene rings is 1. The van der Waals surface area contributed by atoms with E-state index in [1.165, 1.54) is 12.1 Å². The van der Waals surface area contributed by atoms with E-state index in [1.807, 2.05) is 0 Å². The number of carbonyl (C=O) groups excluding carboxylic acids is 1. The molecular formula is C14H20FNO3. The van der Waals surface area contributed by atoms with Gasteiger partial charge in [0.05, 0.1) is 0 Å². The molecule has 0 radical (unpaired) electrons. The number of aryl methyl sites for hydroxylation is 1. The molecule has 1 aromatic carbocycles. The molecule has 0 bridgehead atoms. The SMILES string of the molecule is COCCCNC(=O)C(C)Oc1cc(F)ccc1C. The van der Waals surface area contributed by atoms with Crippen LogP contribution in [0.5, 0.6) is 5.75 Å². The molecule has 0 spiro atoms. The second-order valence-electron chi connectivity index (χ2n) is 4.31. The minimum atomic E-state index is -0.664. The van der Waals surface area contributed by atoms with Crippen LogP contribution in [-0.4, -0.2) is 32.3 Å². The van der Waals surface area contributed by atoms with Crippen molar-refractivity contribution in [2.24, 2.45) is 0 Å². The van der Waals surface area contributed by atoms with E-state index in [0.29, 0.717) is 18.9 Å². The van der Waals surface area contributed by atoms with Gasteiger partial charge in [-0.3, -0.25) is 4.79 Å². The second-order valence-corrected chi connectivity index (χ2v) is 4.31. The summed E-state index contributed by atoms with van der Waals surface area (Å²) in [6.45, 7) is 4.56. The first kappa shape index (κ1) is 15.4. The number of rotatable bonds is 7. The minimum absolute atomic E-state index is 0.222. The van der Waals surface area contributed by atoms with E-state index in [0.717, 1.165) is 12.0 Å². The van der Waals surface area contributed by atoms with Crippen LogP contribution in [0.1, 0.15) is 18.9 Å². The fourth-order valence-electron chi connectivity index (χ4n) is 1.52. The van der Waals surface area contributed by atoms with Crippen LogP contribution < -0.4 is 10.1 Å². The fourth-order valence-corrected chi connectivity index (χ4v) is 1.52. The zero-order chi connectivity index (χ0) is 14.3. The van der Waals surface area contributed by atoms with Gasteiger partial charge in [-0.05, 0) is 31.9 Å². The minimum Gasteiger partial charge on any atom is -0.481 e. The van der Waals surface area contributed by atoms with E-state index < -0.39 is 6.10 Å². The summed E-state index contributed by atoms with van der Waals surface area (Å²) in [6, 6.07) is 4.26. The van der Waals surface area contributed by atoms with Gasteiger partial charge in [-0.25, -0.2) is 4.39 Å². The molecule has 0 aliphatic rings. The van der Waals surface area contributed by atoms with Crippen LogP contribution >= 0.6 is 0 Å². The molecule has 4 nitrogen and oxygen atoms in total. The maximum atomic E-state index is 13.1. The Balaban J connectivity index is 2.47. The molecule has 5 heteroatoms. The number of halogens is 1. The molecule has 0 aromatic heterocycles. The van der Waals surface area contributed by atoms with Gasteiger partial charge < -0.3 is 14.8 Å². The third-order valence-electron chi connectivity index (χ3n) is 2.65. The van der Waals surface area contributed by atoms with Gasteiger partial charge in [0, 0.05) is 26.3 Å². The highest BCUT2D eigenvalue weighted by atomic mass is 19.1. The first-order valence-electron chi connectivity index (χ1n) is 6.24. The van der Waals surface area contributed by atoms with Crippen LogP contribution in [0.3, 0.4) is 0 Å². The number of carbonyl (C=O) groups is 1. The van der Waals surface area contributed by atoms with E-state index >= 15 is 0 Å². The second kappa shape index (κ2) is 7.74. The maximum Gasteiger partial charge on any atom is 0.260 e. The van der Waals surface area contributed by atoms with Crippen molar-refractivity contribution in [3.05, 3.63) is 29.6 Å². The Kier molecular flexibility index (Phi) is 6.29. The van der Waals surface area contributed by atoms with Crippen molar-refractivity contribution in [1.82, 2.24) is 5.32 Å². The Morgan fingerprint density at radius 2 is 2.21 bits per heavy atom. The van der Waals surface area contributed by atoms with Crippen LogP contribution in [0, 0.1) is 12.7 Å². The molecule has 0 heterocycles. The van der Waals surface area contributed by atoms with Crippen molar-refractivity contribution in [2.75, 3.05) is 20.3 Å². The maximum absolute atomic E-state index is 13.1. The average Bonchev–Trinajstić information content (AvgIpc) is 2.38. The van der Waals surface area contributed by atoms with Crippen LogP contribution in [0.15, 0.2) is 18.2 Å². The first-order valence-corrected chi connectivity index (χ1v) is 6.24. The lowest BCUT2D eigenvalue weighted by Crippen LogP contribution is -2.37. The van der Waals surface area contributed by atoms with Crippen molar-refractivity contribution in [1.29, 1.82) is 0 Å². The zero-order valence-corrected chi connectivity index (χ0v) is 11.5. The molecule has 19 heavy (non-hydrogen) atoms. The standard InChI is InChI=1S/C14H20FNO3/c1-10-5-6-12(15)9-13(10)19-11(2)14(17)16-7-4-8-18-3/h5-6,9,11H,4,7-8H2,1-3H3,(H,16,17). The van der Waals surface area contributed by atoms with Crippen molar-refractivity contribution in [3.8, 4) is 5.75 Å². The molecule has 1 atom stereocenters. The largest absolute Gasteiger partial charge is 0.481 e. The van der Waals surface area contributed by atoms with Gasteiger partial charge in [0.15, 0.2) is 6.10 Å². The Labute approximate surface area is 112 Å². The van der Waals surface area contributed by atoms with Gasteiger partial charge in [0.2, 0.25) is 0 Å². The van der Waals surface area contributed by atoms with Crippen molar-refractivity contribution in [2.45, 2.75) is 26.4 Å². The van der Waals surface area contributed by atoms with Gasteiger partial charge in [-0.15, -0.1) is 0 Å². The van der Waals surface area contributed by atoms with Gasteiger partial charge in [0.25, 0.3) is 5.91 Å². The molecule has 0 saturated heterocycles. The van der Waals surface area contributed by atoms with Crippen LogP contribution in [0.25, 0.3) is 0 Å². The highest BCUT2D eigenvalue weighted by Crippen LogP contribution is 2.20.